The first-order valence-corrected chi connectivity index (χ1v) is 6.60. The van der Waals surface area contributed by atoms with E-state index < -0.39 is 5.97 Å². The zero-order valence-corrected chi connectivity index (χ0v) is 10.7. The van der Waals surface area contributed by atoms with Crippen molar-refractivity contribution in [2.24, 2.45) is 0 Å². The molecular formula is C13H16O3S. The predicted octanol–water partition coefficient (Wildman–Crippen LogP) is 2.44. The van der Waals surface area contributed by atoms with Gasteiger partial charge in [-0.15, -0.1) is 0 Å². The molecule has 0 aromatic heterocycles. The summed E-state index contributed by atoms with van der Waals surface area (Å²) < 4.78 is 4.62. The highest BCUT2D eigenvalue weighted by atomic mass is 32.2. The van der Waals surface area contributed by atoms with Crippen molar-refractivity contribution in [3.63, 3.8) is 0 Å². The molecule has 0 saturated carbocycles. The van der Waals surface area contributed by atoms with Gasteiger partial charge < -0.3 is 4.74 Å². The van der Waals surface area contributed by atoms with Crippen LogP contribution >= 0.6 is 11.8 Å². The van der Waals surface area contributed by atoms with E-state index in [1.807, 2.05) is 18.2 Å². The predicted molar refractivity (Wildman–Crippen MR) is 68.9 cm³/mol. The van der Waals surface area contributed by atoms with Crippen LogP contribution in [0, 0.1) is 0 Å². The molecule has 0 radical (unpaired) electrons. The monoisotopic (exact) mass is 252 g/mol. The number of carbonyl (C=O) groups is 2. The lowest BCUT2D eigenvalue weighted by atomic mass is 10.2. The maximum Gasteiger partial charge on any atom is 0.303 e. The highest BCUT2D eigenvalue weighted by molar-refractivity contribution is 7.98. The van der Waals surface area contributed by atoms with Crippen molar-refractivity contribution in [2.75, 3.05) is 12.4 Å². The molecule has 0 amide bonds. The Labute approximate surface area is 106 Å². The number of Topliss-reactive ketones (excluding diaryl/α,β-unsaturated/α-hetero) is 1. The number of ether oxygens (including phenoxy) is 1. The van der Waals surface area contributed by atoms with Crippen LogP contribution in [-0.2, 0) is 20.1 Å². The second kappa shape index (κ2) is 7.90. The molecule has 0 spiro atoms. The van der Waals surface area contributed by atoms with E-state index in [9.17, 15) is 9.59 Å². The third-order valence-electron chi connectivity index (χ3n) is 2.07. The molecule has 1 aromatic rings. The summed E-state index contributed by atoms with van der Waals surface area (Å²) in [4.78, 5) is 21.8. The molecule has 3 nitrogen and oxygen atoms in total. The van der Waals surface area contributed by atoms with Gasteiger partial charge in [-0.1, -0.05) is 30.3 Å². The molecule has 0 N–H and O–H groups in total. The topological polar surface area (TPSA) is 43.4 Å². The molecule has 0 atom stereocenters. The van der Waals surface area contributed by atoms with Crippen LogP contribution in [0.3, 0.4) is 0 Å². The lowest BCUT2D eigenvalue weighted by Gasteiger charge is -2.02. The minimum Gasteiger partial charge on any atom is -0.458 e. The minimum atomic E-state index is -0.407. The fraction of sp³-hybridized carbons (Fsp3) is 0.385. The number of thioether (sulfide) groups is 1. The number of hydrogen-bond acceptors (Lipinski definition) is 4. The molecule has 0 saturated heterocycles. The molecular weight excluding hydrogens is 236 g/mol. The van der Waals surface area contributed by atoms with Gasteiger partial charge in [-0.3, -0.25) is 9.59 Å². The summed E-state index contributed by atoms with van der Waals surface area (Å²) in [6.07, 6.45) is 0.449. The quantitative estimate of drug-likeness (QED) is 0.552. The van der Waals surface area contributed by atoms with Gasteiger partial charge in [0.05, 0.1) is 0 Å². The van der Waals surface area contributed by atoms with Crippen LogP contribution < -0.4 is 0 Å². The van der Waals surface area contributed by atoms with Crippen molar-refractivity contribution in [3.05, 3.63) is 35.9 Å². The molecule has 0 unspecified atom stereocenters. The van der Waals surface area contributed by atoms with E-state index in [-0.39, 0.29) is 12.4 Å². The summed E-state index contributed by atoms with van der Waals surface area (Å²) >= 11 is 1.71. The average molecular weight is 252 g/mol. The SMILES string of the molecule is CC(=O)OCC(=O)CCSCc1ccccc1. The van der Waals surface area contributed by atoms with Gasteiger partial charge in [-0.25, -0.2) is 0 Å². The third-order valence-corrected chi connectivity index (χ3v) is 3.10. The zero-order chi connectivity index (χ0) is 12.5. The Morgan fingerprint density at radius 2 is 1.94 bits per heavy atom. The Balaban J connectivity index is 2.08. The summed E-state index contributed by atoms with van der Waals surface area (Å²) in [6.45, 7) is 1.21. The first kappa shape index (κ1) is 13.8. The lowest BCUT2D eigenvalue weighted by molar-refractivity contribution is -0.145. The molecule has 1 rings (SSSR count). The summed E-state index contributed by atoms with van der Waals surface area (Å²) in [5.41, 5.74) is 1.25. The molecule has 0 bridgehead atoms. The highest BCUT2D eigenvalue weighted by Crippen LogP contribution is 2.12. The van der Waals surface area contributed by atoms with E-state index in [2.05, 4.69) is 16.9 Å². The van der Waals surface area contributed by atoms with Gasteiger partial charge >= 0.3 is 5.97 Å². The van der Waals surface area contributed by atoms with Crippen LogP contribution in [0.15, 0.2) is 30.3 Å². The molecule has 0 aliphatic rings. The lowest BCUT2D eigenvalue weighted by Crippen LogP contribution is -2.12. The Morgan fingerprint density at radius 3 is 2.59 bits per heavy atom. The molecule has 4 heteroatoms. The number of benzene rings is 1. The van der Waals surface area contributed by atoms with Crippen molar-refractivity contribution >= 4 is 23.5 Å². The van der Waals surface area contributed by atoms with Crippen LogP contribution in [0.2, 0.25) is 0 Å². The molecule has 0 aliphatic heterocycles. The summed E-state index contributed by atoms with van der Waals surface area (Å²) in [5, 5.41) is 0. The normalized spacial score (nSPS) is 9.94. The Bertz CT molecular complexity index is 362. The number of esters is 1. The van der Waals surface area contributed by atoms with Crippen molar-refractivity contribution in [1.29, 1.82) is 0 Å². The largest absolute Gasteiger partial charge is 0.458 e. The summed E-state index contributed by atoms with van der Waals surface area (Å²) in [5.74, 6) is 1.23. The van der Waals surface area contributed by atoms with E-state index in [1.54, 1.807) is 11.8 Å². The van der Waals surface area contributed by atoms with Crippen LogP contribution in [0.5, 0.6) is 0 Å². The van der Waals surface area contributed by atoms with Gasteiger partial charge in [-0.2, -0.15) is 11.8 Å². The molecule has 0 fully saturated rings. The van der Waals surface area contributed by atoms with Gasteiger partial charge in [0.1, 0.15) is 6.61 Å². The summed E-state index contributed by atoms with van der Waals surface area (Å²) in [7, 11) is 0. The van der Waals surface area contributed by atoms with Crippen molar-refractivity contribution < 1.29 is 14.3 Å². The van der Waals surface area contributed by atoms with Gasteiger partial charge in [-0.05, 0) is 5.56 Å². The van der Waals surface area contributed by atoms with Crippen LogP contribution in [-0.4, -0.2) is 24.1 Å². The number of carbonyl (C=O) groups excluding carboxylic acids is 2. The molecule has 0 heterocycles. The molecule has 1 aromatic carbocycles. The van der Waals surface area contributed by atoms with Gasteiger partial charge in [0.2, 0.25) is 0 Å². The first-order chi connectivity index (χ1) is 8.18. The smallest absolute Gasteiger partial charge is 0.303 e. The maximum absolute atomic E-state index is 11.3. The summed E-state index contributed by atoms with van der Waals surface area (Å²) in [6, 6.07) is 10.1. The fourth-order valence-corrected chi connectivity index (χ4v) is 2.15. The van der Waals surface area contributed by atoms with Crippen molar-refractivity contribution in [3.8, 4) is 0 Å². The zero-order valence-electron chi connectivity index (χ0n) is 9.85. The Hall–Kier alpha value is -1.29. The second-order valence-corrected chi connectivity index (χ2v) is 4.71. The fourth-order valence-electron chi connectivity index (χ4n) is 1.20. The second-order valence-electron chi connectivity index (χ2n) is 3.61. The van der Waals surface area contributed by atoms with Gasteiger partial charge in [0, 0.05) is 24.9 Å². The third kappa shape index (κ3) is 6.79. The van der Waals surface area contributed by atoms with E-state index in [0.717, 1.165) is 11.5 Å². The molecule has 0 aliphatic carbocycles. The maximum atomic E-state index is 11.3. The first-order valence-electron chi connectivity index (χ1n) is 5.45. The number of ketones is 1. The van der Waals surface area contributed by atoms with Crippen LogP contribution in [0.1, 0.15) is 18.9 Å². The van der Waals surface area contributed by atoms with E-state index in [4.69, 9.17) is 0 Å². The van der Waals surface area contributed by atoms with Crippen LogP contribution in [0.25, 0.3) is 0 Å². The standard InChI is InChI=1S/C13H16O3S/c1-11(14)16-9-13(15)7-8-17-10-12-5-3-2-4-6-12/h2-6H,7-10H2,1H3. The molecule has 92 valence electrons. The van der Waals surface area contributed by atoms with Gasteiger partial charge in [0.25, 0.3) is 0 Å². The van der Waals surface area contributed by atoms with Crippen molar-refractivity contribution in [1.82, 2.24) is 0 Å². The van der Waals surface area contributed by atoms with E-state index in [1.165, 1.54) is 12.5 Å². The highest BCUT2D eigenvalue weighted by Gasteiger charge is 2.04. The number of hydrogen-bond donors (Lipinski definition) is 0. The Kier molecular flexibility index (Phi) is 6.40. The molecule has 17 heavy (non-hydrogen) atoms. The average Bonchev–Trinajstić information content (AvgIpc) is 2.33. The minimum absolute atomic E-state index is 0.0271. The van der Waals surface area contributed by atoms with Crippen LogP contribution in [0.4, 0.5) is 0 Å². The van der Waals surface area contributed by atoms with Crippen molar-refractivity contribution in [2.45, 2.75) is 19.1 Å². The van der Waals surface area contributed by atoms with E-state index in [0.29, 0.717) is 6.42 Å². The Morgan fingerprint density at radius 1 is 1.24 bits per heavy atom. The number of rotatable bonds is 7. The van der Waals surface area contributed by atoms with E-state index >= 15 is 0 Å². The van der Waals surface area contributed by atoms with Gasteiger partial charge in [0.15, 0.2) is 5.78 Å².